The zero-order valence-electron chi connectivity index (χ0n) is 17.7. The highest BCUT2D eigenvalue weighted by Crippen LogP contribution is 2.39. The van der Waals surface area contributed by atoms with Gasteiger partial charge in [-0.1, -0.05) is 0 Å². The molecule has 0 saturated heterocycles. The number of hydrogen-bond donors (Lipinski definition) is 1. The molecule has 3 aromatic heterocycles. The monoisotopic (exact) mass is 468 g/mol. The first kappa shape index (κ1) is 21.1. The average molecular weight is 468 g/mol. The second-order valence-corrected chi connectivity index (χ2v) is 8.46. The summed E-state index contributed by atoms with van der Waals surface area (Å²) in [5.74, 6) is -0.245. The van der Waals surface area contributed by atoms with Crippen molar-refractivity contribution in [3.63, 3.8) is 0 Å². The molecular weight excluding hydrogens is 450 g/mol. The highest BCUT2D eigenvalue weighted by molar-refractivity contribution is 7.09. The van der Waals surface area contributed by atoms with Gasteiger partial charge in [0.05, 0.1) is 17.4 Å². The summed E-state index contributed by atoms with van der Waals surface area (Å²) in [4.78, 5) is 38.2. The summed E-state index contributed by atoms with van der Waals surface area (Å²) in [6, 6.07) is 5.99. The lowest BCUT2D eigenvalue weighted by molar-refractivity contribution is 0.0645. The molecule has 0 spiro atoms. The second-order valence-electron chi connectivity index (χ2n) is 7.71. The van der Waals surface area contributed by atoms with Crippen LogP contribution >= 0.6 is 11.5 Å². The van der Waals surface area contributed by atoms with Crippen molar-refractivity contribution in [3.05, 3.63) is 75.6 Å². The van der Waals surface area contributed by atoms with E-state index in [2.05, 4.69) is 19.3 Å². The van der Waals surface area contributed by atoms with Crippen LogP contribution in [0.4, 0.5) is 8.78 Å². The summed E-state index contributed by atoms with van der Waals surface area (Å²) in [6.07, 6.45) is 0.993. The number of carbonyl (C=O) groups is 1. The van der Waals surface area contributed by atoms with Crippen molar-refractivity contribution < 1.29 is 13.6 Å². The lowest BCUT2D eigenvalue weighted by Gasteiger charge is -2.35. The van der Waals surface area contributed by atoms with E-state index in [0.717, 1.165) is 12.3 Å². The lowest BCUT2D eigenvalue weighted by Crippen LogP contribution is -2.41. The lowest BCUT2D eigenvalue weighted by atomic mass is 10.0. The van der Waals surface area contributed by atoms with Gasteiger partial charge in [-0.15, -0.1) is 0 Å². The van der Waals surface area contributed by atoms with Gasteiger partial charge in [-0.05, 0) is 49.6 Å². The van der Waals surface area contributed by atoms with Crippen molar-refractivity contribution in [2.75, 3.05) is 6.54 Å². The average Bonchev–Trinajstić information content (AvgIpc) is 3.40. The van der Waals surface area contributed by atoms with Crippen LogP contribution in [0.15, 0.2) is 41.3 Å². The van der Waals surface area contributed by atoms with Gasteiger partial charge in [0.25, 0.3) is 5.91 Å². The topological polar surface area (TPSA) is 96.8 Å². The van der Waals surface area contributed by atoms with E-state index in [-0.39, 0.29) is 17.2 Å². The Balaban J connectivity index is 1.66. The number of hydrogen-bond acceptors (Lipinski definition) is 6. The molecule has 33 heavy (non-hydrogen) atoms. The van der Waals surface area contributed by atoms with Gasteiger partial charge in [-0.2, -0.15) is 4.37 Å². The molecule has 8 nitrogen and oxygen atoms in total. The molecule has 5 rings (SSSR count). The molecule has 11 heteroatoms. The molecule has 0 unspecified atom stereocenters. The van der Waals surface area contributed by atoms with E-state index in [1.165, 1.54) is 35.8 Å². The molecule has 1 aliphatic heterocycles. The number of benzene rings is 1. The Kier molecular flexibility index (Phi) is 5.12. The van der Waals surface area contributed by atoms with Gasteiger partial charge in [0.2, 0.25) is 5.56 Å². The maximum Gasteiger partial charge on any atom is 0.254 e. The van der Waals surface area contributed by atoms with Gasteiger partial charge in [0.1, 0.15) is 17.5 Å². The van der Waals surface area contributed by atoms with Crippen molar-refractivity contribution in [2.45, 2.75) is 26.4 Å². The molecule has 4 heterocycles. The molecular formula is C22H18F2N6O2S. The molecule has 0 radical (unpaired) electrons. The third-order valence-electron chi connectivity index (χ3n) is 5.63. The summed E-state index contributed by atoms with van der Waals surface area (Å²) in [5, 5.41) is 0.566. The number of aromatic nitrogens is 5. The fourth-order valence-electron chi connectivity index (χ4n) is 4.08. The predicted molar refractivity (Wildman–Crippen MR) is 118 cm³/mol. The molecule has 0 saturated carbocycles. The molecule has 0 aliphatic carbocycles. The Hall–Kier alpha value is -3.73. The van der Waals surface area contributed by atoms with Crippen LogP contribution in [-0.2, 0) is 6.54 Å². The third-order valence-corrected chi connectivity index (χ3v) is 6.44. The van der Waals surface area contributed by atoms with Gasteiger partial charge in [-0.3, -0.25) is 9.59 Å². The number of H-pyrrole nitrogens is 1. The summed E-state index contributed by atoms with van der Waals surface area (Å²) in [7, 11) is 0. The van der Waals surface area contributed by atoms with Crippen molar-refractivity contribution in [2.24, 2.45) is 0 Å². The van der Waals surface area contributed by atoms with Gasteiger partial charge in [0, 0.05) is 36.5 Å². The number of carbonyl (C=O) groups excluding carboxylic acids is 1. The van der Waals surface area contributed by atoms with Crippen LogP contribution < -0.4 is 5.56 Å². The van der Waals surface area contributed by atoms with Crippen molar-refractivity contribution in [1.29, 1.82) is 0 Å². The van der Waals surface area contributed by atoms with Crippen LogP contribution in [0.1, 0.15) is 34.8 Å². The second kappa shape index (κ2) is 8.00. The predicted octanol–water partition coefficient (Wildman–Crippen LogP) is 3.56. The first-order valence-electron chi connectivity index (χ1n) is 10.2. The molecule has 1 aliphatic rings. The van der Waals surface area contributed by atoms with E-state index in [1.54, 1.807) is 11.8 Å². The van der Waals surface area contributed by atoms with Gasteiger partial charge < -0.3 is 14.5 Å². The van der Waals surface area contributed by atoms with Crippen LogP contribution in [0, 0.1) is 18.6 Å². The van der Waals surface area contributed by atoms with Gasteiger partial charge in [-0.25, -0.2) is 18.7 Å². The number of nitrogens with one attached hydrogen (secondary N) is 1. The number of imidazole rings is 1. The minimum atomic E-state index is -0.635. The standard InChI is InChI=1S/C22H18F2N6O2S/c1-11-19-18(15-9-17(31)25-10-16(15)24)27-20(21-26-12(2)28-33-21)30(19)8-7-29(11)22(32)13-3-5-14(23)6-4-13/h3-6,9-11H,7-8H2,1-2H3,(H,25,31)/t11-/m1/s1. The van der Waals surface area contributed by atoms with E-state index in [9.17, 15) is 18.4 Å². The molecule has 168 valence electrons. The SMILES string of the molecule is Cc1nsc(-c2nc(-c3cc(=O)[nH]cc3F)c3n2CCN(C(=O)c2ccc(F)cc2)[C@@H]3C)n1. The number of nitrogens with zero attached hydrogens (tertiary/aromatic N) is 5. The number of aryl methyl sites for hydroxylation is 1. The van der Waals surface area contributed by atoms with E-state index in [0.29, 0.717) is 41.0 Å². The van der Waals surface area contributed by atoms with Crippen LogP contribution in [0.25, 0.3) is 22.1 Å². The zero-order valence-corrected chi connectivity index (χ0v) is 18.5. The Bertz CT molecular complexity index is 1430. The van der Waals surface area contributed by atoms with Crippen LogP contribution in [0.3, 0.4) is 0 Å². The van der Waals surface area contributed by atoms with E-state index in [4.69, 9.17) is 0 Å². The highest BCUT2D eigenvalue weighted by Gasteiger charge is 2.35. The summed E-state index contributed by atoms with van der Waals surface area (Å²) >= 11 is 1.18. The Morgan fingerprint density at radius 3 is 2.64 bits per heavy atom. The van der Waals surface area contributed by atoms with Crippen molar-refractivity contribution in [1.82, 2.24) is 28.8 Å². The maximum atomic E-state index is 14.8. The largest absolute Gasteiger partial charge is 0.329 e. The molecule has 1 aromatic carbocycles. The Labute approximate surface area is 190 Å². The zero-order chi connectivity index (χ0) is 23.3. The first-order chi connectivity index (χ1) is 15.8. The summed E-state index contributed by atoms with van der Waals surface area (Å²) in [5.41, 5.74) is 0.775. The smallest absolute Gasteiger partial charge is 0.254 e. The molecule has 4 aromatic rings. The van der Waals surface area contributed by atoms with Crippen LogP contribution in [0.5, 0.6) is 0 Å². The molecule has 1 N–H and O–H groups in total. The van der Waals surface area contributed by atoms with Crippen molar-refractivity contribution in [3.8, 4) is 22.1 Å². The fraction of sp³-hybridized carbons (Fsp3) is 0.227. The number of aromatic amines is 1. The number of fused-ring (bicyclic) bond motifs is 1. The normalized spacial score (nSPS) is 15.5. The minimum absolute atomic E-state index is 0.0397. The van der Waals surface area contributed by atoms with Gasteiger partial charge in [0.15, 0.2) is 10.8 Å². The molecule has 0 fully saturated rings. The highest BCUT2D eigenvalue weighted by atomic mass is 32.1. The number of pyridine rings is 1. The number of halogens is 2. The quantitative estimate of drug-likeness (QED) is 0.496. The maximum absolute atomic E-state index is 14.8. The van der Waals surface area contributed by atoms with E-state index >= 15 is 0 Å². The Morgan fingerprint density at radius 1 is 1.18 bits per heavy atom. The third kappa shape index (κ3) is 3.63. The summed E-state index contributed by atoms with van der Waals surface area (Å²) < 4.78 is 34.2. The number of amides is 1. The Morgan fingerprint density at radius 2 is 1.94 bits per heavy atom. The fourth-order valence-corrected chi connectivity index (χ4v) is 4.75. The number of rotatable bonds is 3. The van der Waals surface area contributed by atoms with Crippen LogP contribution in [0.2, 0.25) is 0 Å². The molecule has 0 bridgehead atoms. The van der Waals surface area contributed by atoms with Gasteiger partial charge >= 0.3 is 0 Å². The first-order valence-corrected chi connectivity index (χ1v) is 11.0. The van der Waals surface area contributed by atoms with Crippen molar-refractivity contribution >= 4 is 17.4 Å². The van der Waals surface area contributed by atoms with E-state index in [1.807, 2.05) is 11.5 Å². The minimum Gasteiger partial charge on any atom is -0.329 e. The van der Waals surface area contributed by atoms with E-state index < -0.39 is 23.2 Å². The summed E-state index contributed by atoms with van der Waals surface area (Å²) in [6.45, 7) is 4.34. The molecule has 1 amide bonds. The van der Waals surface area contributed by atoms with Crippen LogP contribution in [-0.4, -0.2) is 41.2 Å². The molecule has 1 atom stereocenters.